The number of alkyl carbamates (subject to hydrolysis) is 1. The molecule has 366 valence electrons. The largest absolute Gasteiger partial charge is 0.497 e. The summed E-state index contributed by atoms with van der Waals surface area (Å²) in [6.45, 7) is 8.68. The van der Waals surface area contributed by atoms with Gasteiger partial charge in [0, 0.05) is 54.4 Å². The number of carbonyl (C=O) groups is 4. The van der Waals surface area contributed by atoms with Crippen LogP contribution >= 0.6 is 11.3 Å². The molecule has 7 N–H and O–H groups in total. The van der Waals surface area contributed by atoms with E-state index < -0.39 is 63.5 Å². The van der Waals surface area contributed by atoms with Gasteiger partial charge in [-0.05, 0) is 83.1 Å². The molecule has 4 aromatic rings. The Morgan fingerprint density at radius 2 is 1.76 bits per heavy atom. The minimum Gasteiger partial charge on any atom is -0.497 e. The monoisotopic (exact) mass is 974 g/mol. The fraction of sp³-hybridized carbons (Fsp3) is 0.500. The maximum Gasteiger partial charge on any atom is 0.408 e. The predicted octanol–water partition coefficient (Wildman–Crippen LogP) is 6.74. The van der Waals surface area contributed by atoms with Crippen molar-refractivity contribution < 1.29 is 46.9 Å². The third-order valence-corrected chi connectivity index (χ3v) is 14.6. The molecule has 3 aliphatic rings. The Morgan fingerprint density at radius 3 is 2.50 bits per heavy atom. The van der Waals surface area contributed by atoms with Gasteiger partial charge < -0.3 is 45.9 Å². The van der Waals surface area contributed by atoms with Gasteiger partial charge in [-0.25, -0.2) is 32.7 Å². The van der Waals surface area contributed by atoms with Crippen molar-refractivity contribution >= 4 is 67.0 Å². The van der Waals surface area contributed by atoms with E-state index in [2.05, 4.69) is 37.9 Å². The van der Waals surface area contributed by atoms with Crippen molar-refractivity contribution in [3.8, 4) is 22.9 Å². The van der Waals surface area contributed by atoms with Gasteiger partial charge in [0.15, 0.2) is 5.13 Å². The van der Waals surface area contributed by atoms with E-state index >= 15 is 0 Å². The van der Waals surface area contributed by atoms with Crippen LogP contribution in [0.5, 0.6) is 11.5 Å². The Hall–Kier alpha value is -5.99. The van der Waals surface area contributed by atoms with E-state index in [0.717, 1.165) is 55.5 Å². The van der Waals surface area contributed by atoms with Gasteiger partial charge in [-0.2, -0.15) is 0 Å². The van der Waals surface area contributed by atoms with Crippen LogP contribution in [-0.2, 0) is 29.1 Å². The van der Waals surface area contributed by atoms with Gasteiger partial charge in [-0.3, -0.25) is 9.59 Å². The Bertz CT molecular complexity index is 2570. The van der Waals surface area contributed by atoms with Gasteiger partial charge in [0.05, 0.1) is 30.0 Å². The number of para-hydroxylation sites is 1. The number of aliphatic carboxylic acids is 1. The van der Waals surface area contributed by atoms with E-state index in [0.29, 0.717) is 60.0 Å². The maximum absolute atomic E-state index is 13.9. The molecule has 1 saturated heterocycles. The van der Waals surface area contributed by atoms with Crippen molar-refractivity contribution in [3.63, 3.8) is 0 Å². The molecule has 18 nitrogen and oxygen atoms in total. The molecule has 0 bridgehead atoms. The summed E-state index contributed by atoms with van der Waals surface area (Å²) >= 11 is 1.48. The molecule has 3 amide bonds. The Labute approximate surface area is 400 Å². The van der Waals surface area contributed by atoms with E-state index in [1.54, 1.807) is 25.3 Å². The number of nitrogens with zero attached hydrogens (tertiary/aromatic N) is 2. The lowest BCUT2D eigenvalue weighted by Crippen LogP contribution is -2.55. The number of benzene rings is 2. The summed E-state index contributed by atoms with van der Waals surface area (Å²) in [7, 11) is -2.80. The molecule has 7 rings (SSSR count). The minimum absolute atomic E-state index is 0.116. The van der Waals surface area contributed by atoms with Crippen LogP contribution in [0.25, 0.3) is 22.3 Å². The zero-order chi connectivity index (χ0) is 48.4. The molecule has 0 spiro atoms. The second-order valence-electron chi connectivity index (χ2n) is 17.9. The van der Waals surface area contributed by atoms with Crippen molar-refractivity contribution in [1.82, 2.24) is 30.6 Å². The number of pyridine rings is 1. The predicted molar refractivity (Wildman–Crippen MR) is 259 cm³/mol. The lowest BCUT2D eigenvalue weighted by molar-refractivity contribution is -0.139. The highest BCUT2D eigenvalue weighted by Gasteiger charge is 2.61. The van der Waals surface area contributed by atoms with Crippen molar-refractivity contribution in [2.24, 2.45) is 5.92 Å². The summed E-state index contributed by atoms with van der Waals surface area (Å²) in [6.07, 6.45) is 8.25. The number of aromatic nitrogens is 2. The highest BCUT2D eigenvalue weighted by atomic mass is 32.2. The molecule has 2 aliphatic carbocycles. The molecule has 0 radical (unpaired) electrons. The summed E-state index contributed by atoms with van der Waals surface area (Å²) in [5.41, 5.74) is 0.747. The number of nitrogens with one attached hydrogen (secondary N) is 6. The number of methoxy groups -OCH3 is 1. The molecule has 3 heterocycles. The molecular formula is C48H62N8O10S2. The minimum atomic E-state index is -4.39. The second-order valence-corrected chi connectivity index (χ2v) is 20.4. The first-order chi connectivity index (χ1) is 32.7. The van der Waals surface area contributed by atoms with Crippen molar-refractivity contribution in [2.75, 3.05) is 30.8 Å². The van der Waals surface area contributed by atoms with Crippen LogP contribution < -0.4 is 40.8 Å². The molecule has 5 atom stereocenters. The van der Waals surface area contributed by atoms with Gasteiger partial charge in [-0.1, -0.05) is 43.9 Å². The van der Waals surface area contributed by atoms with Crippen molar-refractivity contribution in [3.05, 3.63) is 66.6 Å². The van der Waals surface area contributed by atoms with E-state index in [1.807, 2.05) is 43.5 Å². The van der Waals surface area contributed by atoms with Crippen LogP contribution in [0, 0.1) is 5.92 Å². The summed E-state index contributed by atoms with van der Waals surface area (Å²) in [6, 6.07) is 12.1. The second kappa shape index (κ2) is 22.4. The Morgan fingerprint density at radius 1 is 1.00 bits per heavy atom. The number of thiazole rings is 1. The van der Waals surface area contributed by atoms with Crippen LogP contribution in [0.1, 0.15) is 90.9 Å². The molecule has 20 heteroatoms. The van der Waals surface area contributed by atoms with E-state index in [1.165, 1.54) is 23.5 Å². The van der Waals surface area contributed by atoms with Crippen molar-refractivity contribution in [1.29, 1.82) is 0 Å². The first-order valence-electron chi connectivity index (χ1n) is 23.3. The number of amides is 3. The number of hydrogen-bond donors (Lipinski definition) is 7. The van der Waals surface area contributed by atoms with Crippen molar-refractivity contribution in [2.45, 2.75) is 132 Å². The van der Waals surface area contributed by atoms with Gasteiger partial charge in [0.1, 0.15) is 45.9 Å². The van der Waals surface area contributed by atoms with Crippen LogP contribution in [-0.4, -0.2) is 103 Å². The Kier molecular flexibility index (Phi) is 16.4. The molecule has 1 unspecified atom stereocenters. The number of hydrogen-bond acceptors (Lipinski definition) is 15. The average molecular weight is 975 g/mol. The molecule has 2 aromatic carbocycles. The highest BCUT2D eigenvalue weighted by Crippen LogP contribution is 2.45. The van der Waals surface area contributed by atoms with E-state index in [9.17, 15) is 32.7 Å². The lowest BCUT2D eigenvalue weighted by atomic mass is 10.1. The fourth-order valence-electron chi connectivity index (χ4n) is 8.68. The number of fused-ring (bicyclic) bond motifs is 1. The normalized spacial score (nSPS) is 20.6. The summed E-state index contributed by atoms with van der Waals surface area (Å²) < 4.78 is 47.2. The van der Waals surface area contributed by atoms with Crippen LogP contribution in [0.3, 0.4) is 0 Å². The van der Waals surface area contributed by atoms with Gasteiger partial charge in [0.25, 0.3) is 15.9 Å². The van der Waals surface area contributed by atoms with Crippen LogP contribution in [0.2, 0.25) is 0 Å². The standard InChI is InChI=1S/C48H62N8O10S2/c1-5-30-26-48(30,55-43(57)39-24-33(27-50-39)65-41-25-38(40-28-67-46(53-40)51-29(2)3)52-37-23-32(64-4)20-21-34(37)41)45(60)56-68(62,63)42-19-13-12-17-35(42)49-22-14-8-6-7-9-18-36(44(58)59)54-47(61)66-31-15-10-11-16-31/h5,12-13,17,19-21,23,25,28-31,33,36,39,49-50H,1,6-11,14-16,18,22,24,26-27H2,2-4H3,(H,51,53)(H,54,61)(H,55,57)(H,56,60)(H,58,59)/t30-,33-,36?,39+,48-/m1/s1. The van der Waals surface area contributed by atoms with E-state index in [-0.39, 0.29) is 36.3 Å². The summed E-state index contributed by atoms with van der Waals surface area (Å²) in [4.78, 5) is 61.1. The third-order valence-electron chi connectivity index (χ3n) is 12.5. The Balaban J connectivity index is 0.902. The summed E-state index contributed by atoms with van der Waals surface area (Å²) in [5.74, 6) is -1.73. The first kappa shape index (κ1) is 49.9. The molecule has 2 aromatic heterocycles. The first-order valence-corrected chi connectivity index (χ1v) is 25.7. The van der Waals surface area contributed by atoms with Gasteiger partial charge in [-0.15, -0.1) is 17.9 Å². The number of ether oxygens (including phenoxy) is 3. The molecule has 1 aliphatic heterocycles. The topological polar surface area (TPSA) is 248 Å². The summed E-state index contributed by atoms with van der Waals surface area (Å²) in [5, 5.41) is 28.1. The van der Waals surface area contributed by atoms with Crippen LogP contribution in [0.4, 0.5) is 15.6 Å². The van der Waals surface area contributed by atoms with E-state index in [4.69, 9.17) is 24.2 Å². The molecule has 3 fully saturated rings. The number of rotatable bonds is 24. The third kappa shape index (κ3) is 12.6. The number of anilines is 2. The average Bonchev–Trinajstić information content (AvgIpc) is 3.76. The van der Waals surface area contributed by atoms with Crippen LogP contribution in [0.15, 0.2) is 71.5 Å². The molecule has 68 heavy (non-hydrogen) atoms. The number of unbranched alkanes of at least 4 members (excludes halogenated alkanes) is 4. The number of carbonyl (C=O) groups excluding carboxylic acids is 3. The SMILES string of the molecule is C=C[C@@H]1C[C@]1(NC(=O)[C@@H]1C[C@@H](Oc2cc(-c3csc(NC(C)C)n3)nc3cc(OC)ccc23)CN1)C(=O)NS(=O)(=O)c1ccccc1NCCCCCCCC(NC(=O)OC1CCCC1)C(=O)O. The van der Waals surface area contributed by atoms with Gasteiger partial charge >= 0.3 is 12.1 Å². The zero-order valence-electron chi connectivity index (χ0n) is 38.7. The quantitative estimate of drug-likeness (QED) is 0.0284. The number of carboxylic acid groups (broad SMARTS) is 1. The maximum atomic E-state index is 13.9. The molecule has 2 saturated carbocycles. The highest BCUT2D eigenvalue weighted by molar-refractivity contribution is 7.90. The lowest BCUT2D eigenvalue weighted by Gasteiger charge is -2.22. The number of sulfonamides is 1. The molecular weight excluding hydrogens is 913 g/mol. The fourth-order valence-corrected chi connectivity index (χ4v) is 10.8. The number of carboxylic acids is 1. The smallest absolute Gasteiger partial charge is 0.408 e. The van der Waals surface area contributed by atoms with Gasteiger partial charge in [0.2, 0.25) is 5.91 Å². The zero-order valence-corrected chi connectivity index (χ0v) is 40.3.